The molecule has 2 aromatic rings. The topological polar surface area (TPSA) is 94.5 Å². The van der Waals surface area contributed by atoms with Crippen molar-refractivity contribution in [1.29, 1.82) is 5.26 Å². The van der Waals surface area contributed by atoms with Crippen molar-refractivity contribution >= 4 is 6.03 Å². The molecule has 2 aliphatic heterocycles. The molecule has 1 aromatic carbocycles. The molecule has 188 valence electrons. The van der Waals surface area contributed by atoms with Crippen LogP contribution in [-0.4, -0.2) is 65.7 Å². The molecule has 35 heavy (non-hydrogen) atoms. The number of ether oxygens (including phenoxy) is 2. The van der Waals surface area contributed by atoms with Crippen molar-refractivity contribution in [3.8, 4) is 11.8 Å². The zero-order chi connectivity index (χ0) is 25.0. The number of rotatable bonds is 5. The summed E-state index contributed by atoms with van der Waals surface area (Å²) in [5.41, 5.74) is 2.48. The summed E-state index contributed by atoms with van der Waals surface area (Å²) in [6.45, 7) is 2.39. The SMILES string of the molecule is COCc1cc(C2CC(c3ccc(OC(F)(F)F)cc3)CN(C(=O)N3CCC(C#N)CC3)C2)n[nH]1. The lowest BCUT2D eigenvalue weighted by atomic mass is 9.83. The van der Waals surface area contributed by atoms with Gasteiger partial charge in [0, 0.05) is 51.0 Å². The van der Waals surface area contributed by atoms with Gasteiger partial charge in [-0.15, -0.1) is 13.2 Å². The molecule has 1 N–H and O–H groups in total. The lowest BCUT2D eigenvalue weighted by molar-refractivity contribution is -0.274. The van der Waals surface area contributed by atoms with E-state index in [0.29, 0.717) is 52.0 Å². The van der Waals surface area contributed by atoms with E-state index in [1.165, 1.54) is 12.1 Å². The van der Waals surface area contributed by atoms with Crippen LogP contribution in [0.25, 0.3) is 0 Å². The van der Waals surface area contributed by atoms with Gasteiger partial charge in [0.25, 0.3) is 0 Å². The number of amides is 2. The Kier molecular flexibility index (Phi) is 7.50. The van der Waals surface area contributed by atoms with E-state index in [1.54, 1.807) is 29.0 Å². The number of alkyl halides is 3. The zero-order valence-electron chi connectivity index (χ0n) is 19.4. The van der Waals surface area contributed by atoms with Gasteiger partial charge in [-0.2, -0.15) is 10.4 Å². The van der Waals surface area contributed by atoms with Gasteiger partial charge in [0.2, 0.25) is 0 Å². The number of likely N-dealkylation sites (tertiary alicyclic amines) is 2. The molecular formula is C24H28F3N5O3. The number of nitrogens with one attached hydrogen (secondary N) is 1. The fraction of sp³-hybridized carbons (Fsp3) is 0.542. The van der Waals surface area contributed by atoms with Crippen molar-refractivity contribution in [3.63, 3.8) is 0 Å². The summed E-state index contributed by atoms with van der Waals surface area (Å²) < 4.78 is 46.8. The van der Waals surface area contributed by atoms with Gasteiger partial charge in [-0.25, -0.2) is 4.79 Å². The van der Waals surface area contributed by atoms with Crippen LogP contribution in [0, 0.1) is 17.2 Å². The van der Waals surface area contributed by atoms with Crippen molar-refractivity contribution in [2.24, 2.45) is 5.92 Å². The molecule has 4 rings (SSSR count). The largest absolute Gasteiger partial charge is 0.573 e. The lowest BCUT2D eigenvalue weighted by Crippen LogP contribution is -2.51. The third kappa shape index (κ3) is 6.25. The molecule has 0 saturated carbocycles. The highest BCUT2D eigenvalue weighted by atomic mass is 19.4. The molecule has 2 fully saturated rings. The Morgan fingerprint density at radius 3 is 2.49 bits per heavy atom. The summed E-state index contributed by atoms with van der Waals surface area (Å²) in [5, 5.41) is 16.5. The van der Waals surface area contributed by atoms with Crippen LogP contribution < -0.4 is 4.74 Å². The number of nitrogens with zero attached hydrogens (tertiary/aromatic N) is 4. The van der Waals surface area contributed by atoms with E-state index in [0.717, 1.165) is 17.0 Å². The highest BCUT2D eigenvalue weighted by Gasteiger charge is 2.36. The van der Waals surface area contributed by atoms with Crippen molar-refractivity contribution in [3.05, 3.63) is 47.3 Å². The second kappa shape index (κ2) is 10.6. The molecule has 2 atom stereocenters. The number of aromatic amines is 1. The number of hydrogen-bond donors (Lipinski definition) is 1. The minimum absolute atomic E-state index is 0.0263. The van der Waals surface area contributed by atoms with E-state index < -0.39 is 6.36 Å². The number of aromatic nitrogens is 2. The first-order chi connectivity index (χ1) is 16.8. The molecule has 0 bridgehead atoms. The zero-order valence-corrected chi connectivity index (χ0v) is 19.4. The normalized spacial score (nSPS) is 21.6. The molecule has 0 radical (unpaired) electrons. The van der Waals surface area contributed by atoms with Crippen LogP contribution in [0.5, 0.6) is 5.75 Å². The van der Waals surface area contributed by atoms with Gasteiger partial charge >= 0.3 is 12.4 Å². The van der Waals surface area contributed by atoms with E-state index in [9.17, 15) is 18.0 Å². The molecule has 0 aliphatic carbocycles. The van der Waals surface area contributed by atoms with Crippen LogP contribution in [-0.2, 0) is 11.3 Å². The first-order valence-corrected chi connectivity index (χ1v) is 11.6. The first kappa shape index (κ1) is 24.9. The number of carbonyl (C=O) groups excluding carboxylic acids is 1. The molecule has 0 spiro atoms. The predicted molar refractivity (Wildman–Crippen MR) is 119 cm³/mol. The fourth-order valence-corrected chi connectivity index (χ4v) is 4.87. The van der Waals surface area contributed by atoms with Gasteiger partial charge in [-0.1, -0.05) is 12.1 Å². The molecule has 2 aliphatic rings. The summed E-state index contributed by atoms with van der Waals surface area (Å²) in [7, 11) is 1.60. The molecule has 3 heterocycles. The summed E-state index contributed by atoms with van der Waals surface area (Å²) in [4.78, 5) is 17.0. The van der Waals surface area contributed by atoms with E-state index in [-0.39, 0.29) is 29.5 Å². The number of benzene rings is 1. The lowest BCUT2D eigenvalue weighted by Gasteiger charge is -2.41. The van der Waals surface area contributed by atoms with Crippen LogP contribution in [0.4, 0.5) is 18.0 Å². The Morgan fingerprint density at radius 1 is 1.17 bits per heavy atom. The Balaban J connectivity index is 1.53. The van der Waals surface area contributed by atoms with Gasteiger partial charge in [-0.3, -0.25) is 5.10 Å². The van der Waals surface area contributed by atoms with Crippen molar-refractivity contribution in [2.75, 3.05) is 33.3 Å². The first-order valence-electron chi connectivity index (χ1n) is 11.6. The monoisotopic (exact) mass is 491 g/mol. The van der Waals surface area contributed by atoms with Gasteiger partial charge in [-0.05, 0) is 43.0 Å². The second-order valence-electron chi connectivity index (χ2n) is 9.08. The third-order valence-corrected chi connectivity index (χ3v) is 6.62. The number of halogens is 3. The van der Waals surface area contributed by atoms with Crippen LogP contribution in [0.1, 0.15) is 48.0 Å². The van der Waals surface area contributed by atoms with Crippen LogP contribution >= 0.6 is 0 Å². The maximum atomic E-state index is 13.4. The number of carbonyl (C=O) groups is 1. The van der Waals surface area contributed by atoms with Gasteiger partial charge < -0.3 is 19.3 Å². The molecule has 8 nitrogen and oxygen atoms in total. The number of urea groups is 1. The predicted octanol–water partition coefficient (Wildman–Crippen LogP) is 4.38. The Labute approximate surface area is 201 Å². The van der Waals surface area contributed by atoms with Gasteiger partial charge in [0.15, 0.2) is 0 Å². The number of nitriles is 1. The highest BCUT2D eigenvalue weighted by Crippen LogP contribution is 2.37. The molecular weight excluding hydrogens is 463 g/mol. The average Bonchev–Trinajstić information content (AvgIpc) is 3.32. The maximum absolute atomic E-state index is 13.4. The quantitative estimate of drug-likeness (QED) is 0.670. The maximum Gasteiger partial charge on any atom is 0.573 e. The number of H-pyrrole nitrogens is 1. The molecule has 1 aromatic heterocycles. The molecule has 2 saturated heterocycles. The Bertz CT molecular complexity index is 1040. The second-order valence-corrected chi connectivity index (χ2v) is 9.08. The number of hydrogen-bond acceptors (Lipinski definition) is 5. The number of methoxy groups -OCH3 is 1. The van der Waals surface area contributed by atoms with E-state index >= 15 is 0 Å². The minimum Gasteiger partial charge on any atom is -0.406 e. The smallest absolute Gasteiger partial charge is 0.406 e. The third-order valence-electron chi connectivity index (χ3n) is 6.62. The number of piperidine rings is 2. The summed E-state index contributed by atoms with van der Waals surface area (Å²) in [5.74, 6) is -0.445. The summed E-state index contributed by atoms with van der Waals surface area (Å²) >= 11 is 0. The van der Waals surface area contributed by atoms with Crippen LogP contribution in [0.2, 0.25) is 0 Å². The molecule has 11 heteroatoms. The van der Waals surface area contributed by atoms with E-state index in [2.05, 4.69) is 21.0 Å². The Morgan fingerprint density at radius 2 is 1.86 bits per heavy atom. The van der Waals surface area contributed by atoms with E-state index in [1.807, 2.05) is 6.07 Å². The van der Waals surface area contributed by atoms with Crippen LogP contribution in [0.15, 0.2) is 30.3 Å². The minimum atomic E-state index is -4.75. The molecule has 2 unspecified atom stereocenters. The van der Waals surface area contributed by atoms with Crippen molar-refractivity contribution in [1.82, 2.24) is 20.0 Å². The van der Waals surface area contributed by atoms with Crippen molar-refractivity contribution in [2.45, 2.75) is 44.1 Å². The standard InChI is InChI=1S/C24H28F3N5O3/c1-34-15-20-11-22(30-29-20)19-10-18(17-2-4-21(5-3-17)35-24(25,26)27)13-32(14-19)23(33)31-8-6-16(12-28)7-9-31/h2-5,11,16,18-19H,6-10,13-15H2,1H3,(H,29,30). The van der Waals surface area contributed by atoms with Gasteiger partial charge in [0.1, 0.15) is 5.75 Å². The Hall–Kier alpha value is -3.26. The fourth-order valence-electron chi connectivity index (χ4n) is 4.87. The summed E-state index contributed by atoms with van der Waals surface area (Å²) in [6.07, 6.45) is -2.75. The van der Waals surface area contributed by atoms with Gasteiger partial charge in [0.05, 0.1) is 24.1 Å². The summed E-state index contributed by atoms with van der Waals surface area (Å²) in [6, 6.07) is 9.97. The van der Waals surface area contributed by atoms with Crippen molar-refractivity contribution < 1.29 is 27.4 Å². The molecule has 2 amide bonds. The van der Waals surface area contributed by atoms with Crippen LogP contribution in [0.3, 0.4) is 0 Å². The highest BCUT2D eigenvalue weighted by molar-refractivity contribution is 5.75. The van der Waals surface area contributed by atoms with E-state index in [4.69, 9.17) is 10.00 Å². The average molecular weight is 492 g/mol.